The molecular formula is C21H22N6O2. The van der Waals surface area contributed by atoms with Gasteiger partial charge in [-0.1, -0.05) is 6.07 Å². The molecule has 2 heterocycles. The first-order valence-corrected chi connectivity index (χ1v) is 9.08. The highest BCUT2D eigenvalue weighted by Gasteiger charge is 2.08. The number of aromatic nitrogens is 2. The molecule has 0 spiro atoms. The van der Waals surface area contributed by atoms with Gasteiger partial charge in [-0.2, -0.15) is 0 Å². The number of hydrogen-bond donors (Lipinski definition) is 4. The molecule has 4 N–H and O–H groups in total. The topological polar surface area (TPSA) is 108 Å². The molecule has 3 rings (SSSR count). The lowest BCUT2D eigenvalue weighted by atomic mass is 10.2. The molecular weight excluding hydrogens is 368 g/mol. The van der Waals surface area contributed by atoms with E-state index in [9.17, 15) is 9.59 Å². The number of urea groups is 2. The van der Waals surface area contributed by atoms with Gasteiger partial charge in [-0.25, -0.2) is 9.59 Å². The van der Waals surface area contributed by atoms with E-state index in [1.165, 1.54) is 0 Å². The average Bonchev–Trinajstić information content (AvgIpc) is 2.75. The molecule has 0 aliphatic rings. The van der Waals surface area contributed by atoms with Crippen molar-refractivity contribution in [2.45, 2.75) is 20.0 Å². The van der Waals surface area contributed by atoms with Gasteiger partial charge in [-0.3, -0.25) is 9.97 Å². The number of anilines is 2. The van der Waals surface area contributed by atoms with Crippen LogP contribution in [-0.2, 0) is 13.1 Å². The van der Waals surface area contributed by atoms with Crippen LogP contribution in [0.15, 0.2) is 67.3 Å². The maximum atomic E-state index is 12.2. The summed E-state index contributed by atoms with van der Waals surface area (Å²) < 4.78 is 0. The Bertz CT molecular complexity index is 963. The molecule has 0 bridgehead atoms. The van der Waals surface area contributed by atoms with Crippen molar-refractivity contribution in [2.75, 3.05) is 10.6 Å². The van der Waals surface area contributed by atoms with Crippen LogP contribution in [-0.4, -0.2) is 22.0 Å². The van der Waals surface area contributed by atoms with Gasteiger partial charge >= 0.3 is 12.1 Å². The van der Waals surface area contributed by atoms with E-state index in [4.69, 9.17) is 0 Å². The summed E-state index contributed by atoms with van der Waals surface area (Å²) in [5, 5.41) is 11.1. The molecule has 0 atom stereocenters. The minimum atomic E-state index is -0.334. The van der Waals surface area contributed by atoms with E-state index < -0.39 is 0 Å². The number of carbonyl (C=O) groups excluding carboxylic acids is 2. The molecule has 8 heteroatoms. The van der Waals surface area contributed by atoms with E-state index in [2.05, 4.69) is 31.2 Å². The molecule has 0 aliphatic heterocycles. The maximum Gasteiger partial charge on any atom is 0.319 e. The van der Waals surface area contributed by atoms with Crippen LogP contribution in [0.1, 0.15) is 16.7 Å². The summed E-state index contributed by atoms with van der Waals surface area (Å²) in [5.41, 5.74) is 3.98. The van der Waals surface area contributed by atoms with Crippen molar-refractivity contribution in [3.8, 4) is 0 Å². The van der Waals surface area contributed by atoms with E-state index in [1.807, 2.05) is 37.3 Å². The second-order valence-electron chi connectivity index (χ2n) is 6.36. The van der Waals surface area contributed by atoms with E-state index in [0.717, 1.165) is 16.7 Å². The second-order valence-corrected chi connectivity index (χ2v) is 6.36. The number of carbonyl (C=O) groups is 2. The third-order valence-corrected chi connectivity index (χ3v) is 4.15. The quantitative estimate of drug-likeness (QED) is 0.517. The predicted octanol–water partition coefficient (Wildman–Crippen LogP) is 3.43. The number of nitrogens with one attached hydrogen (secondary N) is 4. The Kier molecular flexibility index (Phi) is 6.72. The summed E-state index contributed by atoms with van der Waals surface area (Å²) in [6.45, 7) is 2.66. The van der Waals surface area contributed by atoms with Gasteiger partial charge in [0.15, 0.2) is 0 Å². The normalized spacial score (nSPS) is 10.1. The Morgan fingerprint density at radius 1 is 0.759 bits per heavy atom. The molecule has 29 heavy (non-hydrogen) atoms. The van der Waals surface area contributed by atoms with Crippen molar-refractivity contribution in [1.82, 2.24) is 20.6 Å². The maximum absolute atomic E-state index is 12.2. The van der Waals surface area contributed by atoms with E-state index in [0.29, 0.717) is 24.5 Å². The standard InChI is InChI=1S/C21H22N6O2/c1-15-2-3-18(26-20(28)24-13-16-4-8-22-9-5-16)12-19(15)27-21(29)25-14-17-6-10-23-11-7-17/h2-12H,13-14H2,1H3,(H2,24,26,28)(H2,25,27,29). The lowest BCUT2D eigenvalue weighted by Crippen LogP contribution is -2.29. The first kappa shape index (κ1) is 19.8. The van der Waals surface area contributed by atoms with Gasteiger partial charge in [0.2, 0.25) is 0 Å². The van der Waals surface area contributed by atoms with Gasteiger partial charge in [-0.05, 0) is 60.0 Å². The Hall–Kier alpha value is -3.94. The van der Waals surface area contributed by atoms with Gasteiger partial charge in [0.05, 0.1) is 0 Å². The van der Waals surface area contributed by atoms with Crippen LogP contribution >= 0.6 is 0 Å². The fraction of sp³-hybridized carbons (Fsp3) is 0.143. The molecule has 0 radical (unpaired) electrons. The summed E-state index contributed by atoms with van der Waals surface area (Å²) in [6.07, 6.45) is 6.70. The van der Waals surface area contributed by atoms with Crippen LogP contribution < -0.4 is 21.3 Å². The van der Waals surface area contributed by atoms with Gasteiger partial charge in [0.25, 0.3) is 0 Å². The Labute approximate surface area is 168 Å². The highest BCUT2D eigenvalue weighted by Crippen LogP contribution is 2.20. The number of rotatable bonds is 6. The number of pyridine rings is 2. The molecule has 0 saturated heterocycles. The smallest absolute Gasteiger partial charge is 0.319 e. The van der Waals surface area contributed by atoms with Crippen LogP contribution in [0.4, 0.5) is 21.0 Å². The zero-order valence-corrected chi connectivity index (χ0v) is 16.0. The monoisotopic (exact) mass is 390 g/mol. The van der Waals surface area contributed by atoms with Crippen LogP contribution in [0.5, 0.6) is 0 Å². The van der Waals surface area contributed by atoms with Crippen molar-refractivity contribution < 1.29 is 9.59 Å². The molecule has 4 amide bonds. The number of hydrogen-bond acceptors (Lipinski definition) is 4. The first-order valence-electron chi connectivity index (χ1n) is 9.08. The summed E-state index contributed by atoms with van der Waals surface area (Å²) >= 11 is 0. The zero-order valence-electron chi connectivity index (χ0n) is 16.0. The molecule has 148 valence electrons. The fourth-order valence-electron chi connectivity index (χ4n) is 2.54. The Morgan fingerprint density at radius 3 is 1.83 bits per heavy atom. The molecule has 0 saturated carbocycles. The van der Waals surface area contributed by atoms with Crippen molar-refractivity contribution >= 4 is 23.4 Å². The molecule has 0 fully saturated rings. The van der Waals surface area contributed by atoms with Crippen LogP contribution in [0.3, 0.4) is 0 Å². The lowest BCUT2D eigenvalue weighted by Gasteiger charge is -2.13. The number of aryl methyl sites for hydroxylation is 1. The fourth-order valence-corrected chi connectivity index (χ4v) is 2.54. The lowest BCUT2D eigenvalue weighted by molar-refractivity contribution is 0.251. The molecule has 8 nitrogen and oxygen atoms in total. The molecule has 1 aromatic carbocycles. The van der Waals surface area contributed by atoms with Crippen molar-refractivity contribution in [1.29, 1.82) is 0 Å². The van der Waals surface area contributed by atoms with Gasteiger partial charge in [0, 0.05) is 49.3 Å². The second kappa shape index (κ2) is 9.84. The highest BCUT2D eigenvalue weighted by atomic mass is 16.2. The molecule has 0 aliphatic carbocycles. The summed E-state index contributed by atoms with van der Waals surface area (Å²) in [7, 11) is 0. The van der Waals surface area contributed by atoms with Crippen LogP contribution in [0, 0.1) is 6.92 Å². The van der Waals surface area contributed by atoms with Crippen molar-refractivity contribution in [3.05, 3.63) is 83.9 Å². The average molecular weight is 390 g/mol. The minimum absolute atomic E-state index is 0.329. The van der Waals surface area contributed by atoms with E-state index in [-0.39, 0.29) is 12.1 Å². The summed E-state index contributed by atoms with van der Waals surface area (Å²) in [4.78, 5) is 32.2. The molecule has 0 unspecified atom stereocenters. The van der Waals surface area contributed by atoms with Crippen LogP contribution in [0.25, 0.3) is 0 Å². The predicted molar refractivity (Wildman–Crippen MR) is 111 cm³/mol. The third-order valence-electron chi connectivity index (χ3n) is 4.15. The SMILES string of the molecule is Cc1ccc(NC(=O)NCc2ccncc2)cc1NC(=O)NCc1ccncc1. The zero-order chi connectivity index (χ0) is 20.5. The van der Waals surface area contributed by atoms with Crippen molar-refractivity contribution in [3.63, 3.8) is 0 Å². The Morgan fingerprint density at radius 2 is 1.28 bits per heavy atom. The number of benzene rings is 1. The molecule has 3 aromatic rings. The number of nitrogens with zero attached hydrogens (tertiary/aromatic N) is 2. The minimum Gasteiger partial charge on any atom is -0.334 e. The number of amides is 4. The largest absolute Gasteiger partial charge is 0.334 e. The van der Waals surface area contributed by atoms with E-state index >= 15 is 0 Å². The van der Waals surface area contributed by atoms with Crippen LogP contribution in [0.2, 0.25) is 0 Å². The van der Waals surface area contributed by atoms with E-state index in [1.54, 1.807) is 36.9 Å². The molecule has 2 aromatic heterocycles. The first-order chi connectivity index (χ1) is 14.1. The Balaban J connectivity index is 1.53. The van der Waals surface area contributed by atoms with Gasteiger partial charge < -0.3 is 21.3 Å². The summed E-state index contributed by atoms with van der Waals surface area (Å²) in [5.74, 6) is 0. The van der Waals surface area contributed by atoms with Crippen molar-refractivity contribution in [2.24, 2.45) is 0 Å². The summed E-state index contributed by atoms with van der Waals surface area (Å²) in [6, 6.07) is 12.0. The van der Waals surface area contributed by atoms with Gasteiger partial charge in [0.1, 0.15) is 0 Å². The third kappa shape index (κ3) is 6.31. The highest BCUT2D eigenvalue weighted by molar-refractivity contribution is 5.93. The van der Waals surface area contributed by atoms with Gasteiger partial charge in [-0.15, -0.1) is 0 Å².